The maximum Gasteiger partial charge on any atom is 0.375 e. The predicted octanol–water partition coefficient (Wildman–Crippen LogP) is 3.97. The van der Waals surface area contributed by atoms with Gasteiger partial charge in [0.2, 0.25) is 5.76 Å². The number of benzene rings is 1. The Kier molecular flexibility index (Phi) is 5.43. The largest absolute Gasteiger partial charge is 0.459 e. The van der Waals surface area contributed by atoms with Gasteiger partial charge >= 0.3 is 5.97 Å². The van der Waals surface area contributed by atoms with E-state index in [0.717, 1.165) is 5.56 Å². The molecule has 3 rings (SSSR count). The number of carbonyl (C=O) groups excluding carboxylic acids is 2. The molecule has 3 aromatic rings. The van der Waals surface area contributed by atoms with E-state index in [1.807, 2.05) is 18.2 Å². The van der Waals surface area contributed by atoms with E-state index >= 15 is 0 Å². The summed E-state index contributed by atoms with van der Waals surface area (Å²) in [5.74, 6) is 0.233. The molecular weight excluding hydrogens is 358 g/mol. The second kappa shape index (κ2) is 7.93. The van der Waals surface area contributed by atoms with Crippen molar-refractivity contribution in [2.75, 3.05) is 6.61 Å². The molecule has 1 amide bonds. The number of hydrogen-bond acceptors (Lipinski definition) is 5. The minimum Gasteiger partial charge on any atom is -0.459 e. The molecule has 0 aliphatic rings. The molecule has 2 heterocycles. The summed E-state index contributed by atoms with van der Waals surface area (Å²) in [7, 11) is 0. The second-order valence-electron chi connectivity index (χ2n) is 5.56. The van der Waals surface area contributed by atoms with Crippen LogP contribution in [0.25, 0.3) is 11.3 Å². The summed E-state index contributed by atoms with van der Waals surface area (Å²) in [6.45, 7) is 1.50. The van der Waals surface area contributed by atoms with Crippen LogP contribution in [0.1, 0.15) is 21.9 Å². The van der Waals surface area contributed by atoms with Gasteiger partial charge in [0.05, 0.1) is 12.8 Å². The third-order valence-electron chi connectivity index (χ3n) is 3.63. The molecule has 0 fully saturated rings. The molecule has 0 bridgehead atoms. The normalized spacial score (nSPS) is 10.5. The van der Waals surface area contributed by atoms with Gasteiger partial charge in [-0.3, -0.25) is 4.79 Å². The number of nitrogens with one attached hydrogen (secondary N) is 1. The average molecular weight is 374 g/mol. The number of halogens is 1. The monoisotopic (exact) mass is 373 g/mol. The minimum atomic E-state index is -0.675. The summed E-state index contributed by atoms with van der Waals surface area (Å²) in [5, 5.41) is 3.27. The van der Waals surface area contributed by atoms with E-state index in [9.17, 15) is 9.59 Å². The Bertz CT molecular complexity index is 910. The lowest BCUT2D eigenvalue weighted by molar-refractivity contribution is -0.124. The smallest absolute Gasteiger partial charge is 0.375 e. The van der Waals surface area contributed by atoms with Crippen LogP contribution < -0.4 is 5.32 Å². The summed E-state index contributed by atoms with van der Waals surface area (Å²) < 4.78 is 15.6. The molecule has 0 aliphatic heterocycles. The SMILES string of the molecule is Cc1ccoc1C(=O)OCC(=O)NCc1ccc(-c2ccc(Cl)cc2)o1. The van der Waals surface area contributed by atoms with Crippen molar-refractivity contribution in [1.82, 2.24) is 5.32 Å². The minimum absolute atomic E-state index is 0.0939. The maximum atomic E-state index is 11.8. The summed E-state index contributed by atoms with van der Waals surface area (Å²) in [6.07, 6.45) is 1.39. The summed E-state index contributed by atoms with van der Waals surface area (Å²) in [6, 6.07) is 12.5. The van der Waals surface area contributed by atoms with Gasteiger partial charge in [-0.25, -0.2) is 4.79 Å². The van der Waals surface area contributed by atoms with Gasteiger partial charge in [0, 0.05) is 16.1 Å². The number of furan rings is 2. The molecule has 0 radical (unpaired) electrons. The summed E-state index contributed by atoms with van der Waals surface area (Å²) in [4.78, 5) is 23.6. The molecule has 0 aliphatic carbocycles. The molecule has 1 N–H and O–H groups in total. The highest BCUT2D eigenvalue weighted by molar-refractivity contribution is 6.30. The maximum absolute atomic E-state index is 11.8. The lowest BCUT2D eigenvalue weighted by atomic mass is 10.2. The van der Waals surface area contributed by atoms with Crippen molar-refractivity contribution in [3.05, 3.63) is 70.8 Å². The van der Waals surface area contributed by atoms with Crippen LogP contribution in [0.2, 0.25) is 5.02 Å². The number of esters is 1. The van der Waals surface area contributed by atoms with E-state index < -0.39 is 18.5 Å². The molecule has 6 nitrogen and oxygen atoms in total. The van der Waals surface area contributed by atoms with Crippen molar-refractivity contribution in [2.45, 2.75) is 13.5 Å². The number of rotatable bonds is 6. The van der Waals surface area contributed by atoms with Gasteiger partial charge in [-0.2, -0.15) is 0 Å². The number of ether oxygens (including phenoxy) is 1. The first-order valence-electron chi connectivity index (χ1n) is 7.85. The van der Waals surface area contributed by atoms with Gasteiger partial charge in [-0.05, 0) is 49.4 Å². The summed E-state index contributed by atoms with van der Waals surface area (Å²) >= 11 is 5.86. The van der Waals surface area contributed by atoms with Crippen LogP contribution >= 0.6 is 11.6 Å². The highest BCUT2D eigenvalue weighted by Gasteiger charge is 2.16. The number of amides is 1. The summed E-state index contributed by atoms with van der Waals surface area (Å²) in [5.41, 5.74) is 1.54. The molecule has 0 unspecified atom stereocenters. The molecule has 7 heteroatoms. The van der Waals surface area contributed by atoms with Gasteiger partial charge in [-0.15, -0.1) is 0 Å². The van der Waals surface area contributed by atoms with Gasteiger partial charge in [0.25, 0.3) is 5.91 Å². The van der Waals surface area contributed by atoms with E-state index in [1.54, 1.807) is 31.2 Å². The molecule has 0 saturated carbocycles. The third kappa shape index (κ3) is 4.34. The Morgan fingerprint density at radius 1 is 1.12 bits per heavy atom. The lowest BCUT2D eigenvalue weighted by Crippen LogP contribution is -2.28. The molecular formula is C19H16ClNO5. The first-order valence-corrected chi connectivity index (χ1v) is 8.23. The molecule has 26 heavy (non-hydrogen) atoms. The Labute approximate surface area is 154 Å². The average Bonchev–Trinajstić information content (AvgIpc) is 3.27. The van der Waals surface area contributed by atoms with E-state index in [-0.39, 0.29) is 12.3 Å². The van der Waals surface area contributed by atoms with Crippen LogP contribution in [0.4, 0.5) is 0 Å². The second-order valence-corrected chi connectivity index (χ2v) is 5.99. The third-order valence-corrected chi connectivity index (χ3v) is 3.88. The van der Waals surface area contributed by atoms with Crippen molar-refractivity contribution in [3.63, 3.8) is 0 Å². The highest BCUT2D eigenvalue weighted by Crippen LogP contribution is 2.23. The van der Waals surface area contributed by atoms with Crippen molar-refractivity contribution >= 4 is 23.5 Å². The molecule has 0 atom stereocenters. The van der Waals surface area contributed by atoms with Crippen LogP contribution in [0, 0.1) is 6.92 Å². The van der Waals surface area contributed by atoms with Gasteiger partial charge in [0.1, 0.15) is 11.5 Å². The van der Waals surface area contributed by atoms with Crippen molar-refractivity contribution in [3.8, 4) is 11.3 Å². The Morgan fingerprint density at radius 3 is 2.58 bits per heavy atom. The van der Waals surface area contributed by atoms with E-state index in [2.05, 4.69) is 5.32 Å². The first kappa shape index (κ1) is 17.8. The lowest BCUT2D eigenvalue weighted by Gasteiger charge is -2.05. The molecule has 2 aromatic heterocycles. The Morgan fingerprint density at radius 2 is 1.88 bits per heavy atom. The highest BCUT2D eigenvalue weighted by atomic mass is 35.5. The fraction of sp³-hybridized carbons (Fsp3) is 0.158. The van der Waals surface area contributed by atoms with E-state index in [4.69, 9.17) is 25.2 Å². The topological polar surface area (TPSA) is 81.7 Å². The molecule has 0 saturated heterocycles. The standard InChI is InChI=1S/C19H16ClNO5/c1-12-8-9-24-18(12)19(23)25-11-17(22)21-10-15-6-7-16(26-15)13-2-4-14(20)5-3-13/h2-9H,10-11H2,1H3,(H,21,22). The Balaban J connectivity index is 1.48. The number of carbonyl (C=O) groups is 2. The number of aryl methyl sites for hydroxylation is 1. The van der Waals surface area contributed by atoms with Gasteiger partial charge < -0.3 is 18.9 Å². The first-order chi connectivity index (χ1) is 12.5. The van der Waals surface area contributed by atoms with Crippen LogP contribution in [-0.4, -0.2) is 18.5 Å². The molecule has 1 aromatic carbocycles. The van der Waals surface area contributed by atoms with E-state index in [0.29, 0.717) is 22.1 Å². The molecule has 134 valence electrons. The quantitative estimate of drug-likeness (QED) is 0.661. The predicted molar refractivity (Wildman–Crippen MR) is 94.7 cm³/mol. The van der Waals surface area contributed by atoms with Crippen molar-refractivity contribution in [1.29, 1.82) is 0 Å². The molecule has 0 spiro atoms. The van der Waals surface area contributed by atoms with Crippen LogP contribution in [-0.2, 0) is 16.1 Å². The van der Waals surface area contributed by atoms with Gasteiger partial charge in [0.15, 0.2) is 6.61 Å². The van der Waals surface area contributed by atoms with Crippen LogP contribution in [0.5, 0.6) is 0 Å². The fourth-order valence-electron chi connectivity index (χ4n) is 2.26. The Hall–Kier alpha value is -2.99. The fourth-order valence-corrected chi connectivity index (χ4v) is 2.38. The van der Waals surface area contributed by atoms with E-state index in [1.165, 1.54) is 6.26 Å². The zero-order valence-corrected chi connectivity index (χ0v) is 14.7. The van der Waals surface area contributed by atoms with Crippen LogP contribution in [0.3, 0.4) is 0 Å². The zero-order valence-electron chi connectivity index (χ0n) is 14.0. The van der Waals surface area contributed by atoms with Crippen molar-refractivity contribution < 1.29 is 23.2 Å². The van der Waals surface area contributed by atoms with Crippen LogP contribution in [0.15, 0.2) is 57.6 Å². The van der Waals surface area contributed by atoms with Gasteiger partial charge in [-0.1, -0.05) is 11.6 Å². The zero-order chi connectivity index (χ0) is 18.5. The van der Waals surface area contributed by atoms with Crippen molar-refractivity contribution in [2.24, 2.45) is 0 Å². The number of hydrogen-bond donors (Lipinski definition) is 1.